The molecule has 0 bridgehead atoms. The maximum Gasteiger partial charge on any atom is 0.0139 e. The van der Waals surface area contributed by atoms with E-state index in [1.54, 1.807) is 0 Å². The van der Waals surface area contributed by atoms with Crippen LogP contribution in [-0.4, -0.2) is 30.1 Å². The van der Waals surface area contributed by atoms with Gasteiger partial charge >= 0.3 is 0 Å². The fraction of sp³-hybridized carbons (Fsp3) is 1.00. The molecule has 0 saturated heterocycles. The molecule has 2 heteroatoms. The summed E-state index contributed by atoms with van der Waals surface area (Å²) >= 11 is 0. The van der Waals surface area contributed by atoms with Crippen molar-refractivity contribution in [2.75, 3.05) is 13.1 Å². The lowest BCUT2D eigenvalue weighted by atomic mass is 10.2. The van der Waals surface area contributed by atoms with Gasteiger partial charge < -0.3 is 5.73 Å². The molecule has 1 fully saturated rings. The summed E-state index contributed by atoms with van der Waals surface area (Å²) in [6, 6.07) is 0.961. The van der Waals surface area contributed by atoms with Crippen molar-refractivity contribution in [1.82, 2.24) is 4.90 Å². The number of hydrogen-bond acceptors (Lipinski definition) is 2. The highest BCUT2D eigenvalue weighted by atomic mass is 15.2. The second kappa shape index (κ2) is 4.24. The van der Waals surface area contributed by atoms with Gasteiger partial charge in [-0.15, -0.1) is 0 Å². The molecule has 0 amide bonds. The molecule has 0 aromatic carbocycles. The Bertz CT molecular complexity index is 124. The largest absolute Gasteiger partial charge is 0.327 e. The van der Waals surface area contributed by atoms with E-state index in [0.717, 1.165) is 12.5 Å². The molecule has 12 heavy (non-hydrogen) atoms. The summed E-state index contributed by atoms with van der Waals surface area (Å²) in [5, 5.41) is 0. The summed E-state index contributed by atoms with van der Waals surface area (Å²) in [5.41, 5.74) is 5.79. The number of rotatable bonds is 5. The van der Waals surface area contributed by atoms with E-state index in [4.69, 9.17) is 5.73 Å². The molecular formula is C10H22N2. The minimum absolute atomic E-state index is 0.311. The average Bonchev–Trinajstić information content (AvgIpc) is 2.68. The zero-order valence-electron chi connectivity index (χ0n) is 8.59. The molecule has 1 saturated carbocycles. The van der Waals surface area contributed by atoms with Gasteiger partial charge in [-0.3, -0.25) is 4.90 Å². The number of nitrogens with two attached hydrogens (primary N) is 1. The second-order valence-electron chi connectivity index (χ2n) is 4.47. The molecule has 2 N–H and O–H groups in total. The van der Waals surface area contributed by atoms with Gasteiger partial charge in [0.05, 0.1) is 0 Å². The highest BCUT2D eigenvalue weighted by molar-refractivity contribution is 4.79. The van der Waals surface area contributed by atoms with E-state index in [-0.39, 0.29) is 0 Å². The van der Waals surface area contributed by atoms with E-state index in [0.29, 0.717) is 12.1 Å². The maximum absolute atomic E-state index is 5.79. The molecule has 0 aromatic rings. The maximum atomic E-state index is 5.79. The summed E-state index contributed by atoms with van der Waals surface area (Å²) in [6.45, 7) is 8.91. The monoisotopic (exact) mass is 170 g/mol. The van der Waals surface area contributed by atoms with Crippen LogP contribution in [0.4, 0.5) is 0 Å². The van der Waals surface area contributed by atoms with Crippen molar-refractivity contribution in [3.05, 3.63) is 0 Å². The van der Waals surface area contributed by atoms with Crippen molar-refractivity contribution < 1.29 is 0 Å². The van der Waals surface area contributed by atoms with Gasteiger partial charge in [-0.1, -0.05) is 0 Å². The molecule has 0 heterocycles. The van der Waals surface area contributed by atoms with Crippen LogP contribution in [0.1, 0.15) is 33.6 Å². The molecule has 0 aliphatic heterocycles. The van der Waals surface area contributed by atoms with Gasteiger partial charge in [-0.25, -0.2) is 0 Å². The fourth-order valence-corrected chi connectivity index (χ4v) is 1.50. The predicted octanol–water partition coefficient (Wildman–Crippen LogP) is 1.45. The third kappa shape index (κ3) is 3.55. The Balaban J connectivity index is 2.26. The first-order chi connectivity index (χ1) is 5.59. The molecule has 1 atom stereocenters. The molecule has 0 aromatic heterocycles. The molecule has 0 spiro atoms. The van der Waals surface area contributed by atoms with Crippen molar-refractivity contribution >= 4 is 0 Å². The van der Waals surface area contributed by atoms with Crippen molar-refractivity contribution in [2.45, 2.75) is 45.7 Å². The van der Waals surface area contributed by atoms with Crippen LogP contribution in [0, 0.1) is 5.92 Å². The van der Waals surface area contributed by atoms with Crippen LogP contribution in [0.25, 0.3) is 0 Å². The van der Waals surface area contributed by atoms with E-state index < -0.39 is 0 Å². The molecule has 72 valence electrons. The van der Waals surface area contributed by atoms with E-state index in [1.165, 1.54) is 19.4 Å². The van der Waals surface area contributed by atoms with Crippen LogP contribution < -0.4 is 5.73 Å². The van der Waals surface area contributed by atoms with E-state index >= 15 is 0 Å². The summed E-state index contributed by atoms with van der Waals surface area (Å²) < 4.78 is 0. The van der Waals surface area contributed by atoms with Gasteiger partial charge in [0, 0.05) is 25.2 Å². The zero-order chi connectivity index (χ0) is 9.14. The van der Waals surface area contributed by atoms with Crippen LogP contribution in [0.5, 0.6) is 0 Å². The zero-order valence-corrected chi connectivity index (χ0v) is 8.59. The van der Waals surface area contributed by atoms with Crippen LogP contribution in [0.3, 0.4) is 0 Å². The van der Waals surface area contributed by atoms with Gasteiger partial charge in [0.25, 0.3) is 0 Å². The summed E-state index contributed by atoms with van der Waals surface area (Å²) in [7, 11) is 0. The van der Waals surface area contributed by atoms with E-state index in [2.05, 4.69) is 25.7 Å². The average molecular weight is 170 g/mol. The molecule has 0 radical (unpaired) electrons. The predicted molar refractivity (Wildman–Crippen MR) is 53.1 cm³/mol. The van der Waals surface area contributed by atoms with Gasteiger partial charge in [-0.05, 0) is 39.5 Å². The minimum Gasteiger partial charge on any atom is -0.327 e. The summed E-state index contributed by atoms with van der Waals surface area (Å²) in [6.07, 6.45) is 2.87. The van der Waals surface area contributed by atoms with Crippen LogP contribution in [0.2, 0.25) is 0 Å². The Morgan fingerprint density at radius 3 is 2.25 bits per heavy atom. The highest BCUT2D eigenvalue weighted by Gasteiger charge is 2.25. The van der Waals surface area contributed by atoms with Gasteiger partial charge in [0.2, 0.25) is 0 Å². The topological polar surface area (TPSA) is 29.3 Å². The second-order valence-corrected chi connectivity index (χ2v) is 4.47. The van der Waals surface area contributed by atoms with Crippen molar-refractivity contribution in [1.29, 1.82) is 0 Å². The van der Waals surface area contributed by atoms with Crippen LogP contribution in [0.15, 0.2) is 0 Å². The van der Waals surface area contributed by atoms with Crippen LogP contribution >= 0.6 is 0 Å². The SMILES string of the molecule is CC(C)N(CC1CC1)C[C@@H](C)N. The third-order valence-electron chi connectivity index (χ3n) is 2.44. The number of nitrogens with zero attached hydrogens (tertiary/aromatic N) is 1. The third-order valence-corrected chi connectivity index (χ3v) is 2.44. The molecule has 0 unspecified atom stereocenters. The number of hydrogen-bond donors (Lipinski definition) is 1. The molecule has 1 aliphatic rings. The summed E-state index contributed by atoms with van der Waals surface area (Å²) in [4.78, 5) is 2.50. The van der Waals surface area contributed by atoms with Crippen LogP contribution in [-0.2, 0) is 0 Å². The highest BCUT2D eigenvalue weighted by Crippen LogP contribution is 2.30. The van der Waals surface area contributed by atoms with Gasteiger partial charge in [0.15, 0.2) is 0 Å². The molecular weight excluding hydrogens is 148 g/mol. The lowest BCUT2D eigenvalue weighted by molar-refractivity contribution is 0.203. The normalized spacial score (nSPS) is 20.5. The Labute approximate surface area is 76.1 Å². The Morgan fingerprint density at radius 1 is 1.33 bits per heavy atom. The standard InChI is InChI=1S/C10H22N2/c1-8(2)12(6-9(3)11)7-10-4-5-10/h8-10H,4-7,11H2,1-3H3/t9-/m1/s1. The minimum atomic E-state index is 0.311. The van der Waals surface area contributed by atoms with E-state index in [1.807, 2.05) is 0 Å². The summed E-state index contributed by atoms with van der Waals surface area (Å²) in [5.74, 6) is 0.978. The van der Waals surface area contributed by atoms with Crippen molar-refractivity contribution in [2.24, 2.45) is 11.7 Å². The van der Waals surface area contributed by atoms with Crippen molar-refractivity contribution in [3.63, 3.8) is 0 Å². The van der Waals surface area contributed by atoms with Gasteiger partial charge in [0.1, 0.15) is 0 Å². The first-order valence-corrected chi connectivity index (χ1v) is 5.09. The smallest absolute Gasteiger partial charge is 0.0139 e. The molecule has 1 aliphatic carbocycles. The molecule has 2 nitrogen and oxygen atoms in total. The Hall–Kier alpha value is -0.0800. The first kappa shape index (κ1) is 10.0. The van der Waals surface area contributed by atoms with Crippen molar-refractivity contribution in [3.8, 4) is 0 Å². The Kier molecular flexibility index (Phi) is 3.53. The lowest BCUT2D eigenvalue weighted by Crippen LogP contribution is -2.40. The Morgan fingerprint density at radius 2 is 1.92 bits per heavy atom. The fourth-order valence-electron chi connectivity index (χ4n) is 1.50. The lowest BCUT2D eigenvalue weighted by Gasteiger charge is -2.27. The van der Waals surface area contributed by atoms with Gasteiger partial charge in [-0.2, -0.15) is 0 Å². The quantitative estimate of drug-likeness (QED) is 0.676. The first-order valence-electron chi connectivity index (χ1n) is 5.09. The molecule has 1 rings (SSSR count). The van der Waals surface area contributed by atoms with E-state index in [9.17, 15) is 0 Å².